The van der Waals surface area contributed by atoms with E-state index in [-0.39, 0.29) is 0 Å². The molecule has 3 atom stereocenters. The fourth-order valence-corrected chi connectivity index (χ4v) is 3.69. The number of benzene rings is 1. The Morgan fingerprint density at radius 1 is 1.32 bits per heavy atom. The monoisotopic (exact) mass is 299 g/mol. The highest BCUT2D eigenvalue weighted by molar-refractivity contribution is 6.42. The molecule has 1 nitrogen and oxygen atoms in total. The van der Waals surface area contributed by atoms with Crippen LogP contribution in [-0.2, 0) is 6.42 Å². The fourth-order valence-electron chi connectivity index (χ4n) is 3.29. The Labute approximate surface area is 126 Å². The highest BCUT2D eigenvalue weighted by atomic mass is 35.5. The first kappa shape index (κ1) is 15.2. The smallest absolute Gasteiger partial charge is 0.0624 e. The molecule has 2 rings (SSSR count). The van der Waals surface area contributed by atoms with Gasteiger partial charge in [0.15, 0.2) is 0 Å². The zero-order chi connectivity index (χ0) is 13.8. The van der Waals surface area contributed by atoms with E-state index in [4.69, 9.17) is 23.2 Å². The van der Waals surface area contributed by atoms with Crippen molar-refractivity contribution in [2.75, 3.05) is 7.05 Å². The van der Waals surface area contributed by atoms with Gasteiger partial charge in [0, 0.05) is 6.04 Å². The van der Waals surface area contributed by atoms with Crippen LogP contribution in [0.1, 0.15) is 38.2 Å². The van der Waals surface area contributed by atoms with Crippen molar-refractivity contribution in [1.82, 2.24) is 5.32 Å². The topological polar surface area (TPSA) is 12.0 Å². The minimum Gasteiger partial charge on any atom is -0.316 e. The van der Waals surface area contributed by atoms with Crippen molar-refractivity contribution in [3.8, 4) is 0 Å². The van der Waals surface area contributed by atoms with Gasteiger partial charge < -0.3 is 5.32 Å². The van der Waals surface area contributed by atoms with Crippen LogP contribution in [0.3, 0.4) is 0 Å². The number of halogens is 2. The molecule has 1 saturated carbocycles. The molecule has 0 bridgehead atoms. The molecule has 0 radical (unpaired) electrons. The third-order valence-corrected chi connectivity index (χ3v) is 5.25. The molecule has 1 aromatic rings. The lowest BCUT2D eigenvalue weighted by Crippen LogP contribution is -2.38. The van der Waals surface area contributed by atoms with Gasteiger partial charge in [-0.3, -0.25) is 0 Å². The normalized spacial score (nSPS) is 25.3. The van der Waals surface area contributed by atoms with Crippen LogP contribution in [0.25, 0.3) is 0 Å². The number of likely N-dealkylation sites (N-methyl/N-ethyl adjacent to an activating group) is 1. The quantitative estimate of drug-likeness (QED) is 0.829. The van der Waals surface area contributed by atoms with Gasteiger partial charge in [-0.2, -0.15) is 0 Å². The van der Waals surface area contributed by atoms with E-state index in [1.807, 2.05) is 12.1 Å². The van der Waals surface area contributed by atoms with E-state index in [1.165, 1.54) is 25.7 Å². The van der Waals surface area contributed by atoms with E-state index in [1.54, 1.807) is 0 Å². The van der Waals surface area contributed by atoms with Crippen LogP contribution in [0.5, 0.6) is 0 Å². The van der Waals surface area contributed by atoms with E-state index in [2.05, 4.69) is 25.4 Å². The molecule has 0 amide bonds. The summed E-state index contributed by atoms with van der Waals surface area (Å²) >= 11 is 12.4. The van der Waals surface area contributed by atoms with E-state index in [9.17, 15) is 0 Å². The van der Waals surface area contributed by atoms with Crippen molar-refractivity contribution >= 4 is 23.2 Å². The summed E-state index contributed by atoms with van der Waals surface area (Å²) in [4.78, 5) is 0. The standard InChI is InChI=1S/C16H23Cl2N/c1-11-5-3-6-12(9-11)15(19-2)10-13-7-4-8-14(17)16(13)18/h4,7-8,11-12,15,19H,3,5-6,9-10H2,1-2H3. The molecule has 0 aromatic heterocycles. The van der Waals surface area contributed by atoms with Gasteiger partial charge in [0.25, 0.3) is 0 Å². The maximum Gasteiger partial charge on any atom is 0.0624 e. The van der Waals surface area contributed by atoms with Crippen LogP contribution in [-0.4, -0.2) is 13.1 Å². The highest BCUT2D eigenvalue weighted by Gasteiger charge is 2.26. The molecule has 1 N–H and O–H groups in total. The summed E-state index contributed by atoms with van der Waals surface area (Å²) in [6.45, 7) is 2.37. The molecule has 106 valence electrons. The van der Waals surface area contributed by atoms with Gasteiger partial charge in [-0.05, 0) is 49.8 Å². The van der Waals surface area contributed by atoms with Crippen molar-refractivity contribution in [3.05, 3.63) is 33.8 Å². The van der Waals surface area contributed by atoms with Crippen LogP contribution in [0.15, 0.2) is 18.2 Å². The lowest BCUT2D eigenvalue weighted by Gasteiger charge is -2.33. The number of hydrogen-bond acceptors (Lipinski definition) is 1. The molecule has 19 heavy (non-hydrogen) atoms. The molecule has 3 unspecified atom stereocenters. The van der Waals surface area contributed by atoms with Gasteiger partial charge in [0.2, 0.25) is 0 Å². The largest absolute Gasteiger partial charge is 0.316 e. The second kappa shape index (κ2) is 6.97. The van der Waals surface area contributed by atoms with Gasteiger partial charge in [0.1, 0.15) is 0 Å². The van der Waals surface area contributed by atoms with E-state index >= 15 is 0 Å². The molecule has 0 heterocycles. The van der Waals surface area contributed by atoms with E-state index < -0.39 is 0 Å². The molecule has 0 saturated heterocycles. The summed E-state index contributed by atoms with van der Waals surface area (Å²) in [5, 5.41) is 4.86. The maximum absolute atomic E-state index is 6.30. The predicted octanol–water partition coefficient (Wildman–Crippen LogP) is 4.95. The Bertz CT molecular complexity index is 419. The number of rotatable bonds is 4. The average Bonchev–Trinajstić information content (AvgIpc) is 2.40. The Balaban J connectivity index is 2.08. The van der Waals surface area contributed by atoms with Crippen molar-refractivity contribution in [1.29, 1.82) is 0 Å². The van der Waals surface area contributed by atoms with Gasteiger partial charge in [-0.15, -0.1) is 0 Å². The predicted molar refractivity (Wildman–Crippen MR) is 84.1 cm³/mol. The van der Waals surface area contributed by atoms with Crippen LogP contribution >= 0.6 is 23.2 Å². The fraction of sp³-hybridized carbons (Fsp3) is 0.625. The summed E-state index contributed by atoms with van der Waals surface area (Å²) < 4.78 is 0. The van der Waals surface area contributed by atoms with Gasteiger partial charge in [0.05, 0.1) is 10.0 Å². The van der Waals surface area contributed by atoms with E-state index in [0.717, 1.165) is 23.8 Å². The zero-order valence-electron chi connectivity index (χ0n) is 11.8. The van der Waals surface area contributed by atoms with Crippen LogP contribution in [0.4, 0.5) is 0 Å². The molecular weight excluding hydrogens is 277 g/mol. The SMILES string of the molecule is CNC(Cc1cccc(Cl)c1Cl)C1CCCC(C)C1. The molecule has 1 fully saturated rings. The minimum atomic E-state index is 0.499. The summed E-state index contributed by atoms with van der Waals surface area (Å²) in [6, 6.07) is 6.42. The third-order valence-electron chi connectivity index (χ3n) is 4.39. The Hall–Kier alpha value is -0.240. The van der Waals surface area contributed by atoms with Gasteiger partial charge >= 0.3 is 0 Å². The highest BCUT2D eigenvalue weighted by Crippen LogP contribution is 2.33. The lowest BCUT2D eigenvalue weighted by atomic mass is 9.77. The van der Waals surface area contributed by atoms with Crippen LogP contribution in [0.2, 0.25) is 10.0 Å². The van der Waals surface area contributed by atoms with Crippen molar-refractivity contribution in [3.63, 3.8) is 0 Å². The Kier molecular flexibility index (Phi) is 5.56. The first-order chi connectivity index (χ1) is 9.11. The number of nitrogens with one attached hydrogen (secondary N) is 1. The second-order valence-electron chi connectivity index (χ2n) is 5.84. The Morgan fingerprint density at radius 2 is 2.11 bits per heavy atom. The molecule has 0 aliphatic heterocycles. The first-order valence-corrected chi connectivity index (χ1v) is 7.97. The van der Waals surface area contributed by atoms with Crippen LogP contribution in [0, 0.1) is 11.8 Å². The van der Waals surface area contributed by atoms with Gasteiger partial charge in [-0.1, -0.05) is 55.1 Å². The Morgan fingerprint density at radius 3 is 2.79 bits per heavy atom. The molecule has 1 aliphatic carbocycles. The second-order valence-corrected chi connectivity index (χ2v) is 6.63. The lowest BCUT2D eigenvalue weighted by molar-refractivity contribution is 0.227. The van der Waals surface area contributed by atoms with E-state index in [0.29, 0.717) is 16.1 Å². The molecular formula is C16H23Cl2N. The first-order valence-electron chi connectivity index (χ1n) is 7.22. The van der Waals surface area contributed by atoms with Crippen LogP contribution < -0.4 is 5.32 Å². The number of hydrogen-bond donors (Lipinski definition) is 1. The third kappa shape index (κ3) is 3.87. The zero-order valence-corrected chi connectivity index (χ0v) is 13.3. The summed E-state index contributed by atoms with van der Waals surface area (Å²) in [5.74, 6) is 1.60. The molecule has 1 aliphatic rings. The summed E-state index contributed by atoms with van der Waals surface area (Å²) in [6.07, 6.45) is 6.35. The van der Waals surface area contributed by atoms with Crippen molar-refractivity contribution in [2.24, 2.45) is 11.8 Å². The summed E-state index contributed by atoms with van der Waals surface area (Å²) in [7, 11) is 2.06. The minimum absolute atomic E-state index is 0.499. The average molecular weight is 300 g/mol. The molecule has 3 heteroatoms. The van der Waals surface area contributed by atoms with Crippen molar-refractivity contribution < 1.29 is 0 Å². The summed E-state index contributed by atoms with van der Waals surface area (Å²) in [5.41, 5.74) is 1.16. The molecule has 0 spiro atoms. The van der Waals surface area contributed by atoms with Gasteiger partial charge in [-0.25, -0.2) is 0 Å². The molecule has 1 aromatic carbocycles. The maximum atomic E-state index is 6.30. The van der Waals surface area contributed by atoms with Crippen molar-refractivity contribution in [2.45, 2.75) is 45.1 Å².